The molecule has 0 fully saturated rings. The van der Waals surface area contributed by atoms with Crippen LogP contribution in [0.3, 0.4) is 0 Å². The Labute approximate surface area is 116 Å². The van der Waals surface area contributed by atoms with Crippen molar-refractivity contribution >= 4 is 27.6 Å². The van der Waals surface area contributed by atoms with E-state index in [0.29, 0.717) is 0 Å². The highest BCUT2D eigenvalue weighted by Crippen LogP contribution is 2.05. The number of sulfone groups is 1. The van der Waals surface area contributed by atoms with Crippen molar-refractivity contribution in [2.24, 2.45) is 5.73 Å². The number of carbonyl (C=O) groups excluding carboxylic acids is 2. The molecule has 9 nitrogen and oxygen atoms in total. The number of rotatable bonds is 7. The van der Waals surface area contributed by atoms with Crippen molar-refractivity contribution in [3.8, 4) is 0 Å². The second-order valence-electron chi connectivity index (χ2n) is 4.45. The van der Waals surface area contributed by atoms with E-state index in [1.165, 1.54) is 13.8 Å². The first-order chi connectivity index (χ1) is 8.95. The third-order valence-electron chi connectivity index (χ3n) is 2.31. The number of hydrogen-bond donors (Lipinski definition) is 4. The Morgan fingerprint density at radius 1 is 1.20 bits per heavy atom. The number of nitrogens with one attached hydrogen (secondary N) is 2. The molecule has 0 bridgehead atoms. The summed E-state index contributed by atoms with van der Waals surface area (Å²) < 4.78 is 22.4. The van der Waals surface area contributed by atoms with Crippen molar-refractivity contribution in [3.63, 3.8) is 0 Å². The van der Waals surface area contributed by atoms with Gasteiger partial charge in [0.2, 0.25) is 11.8 Å². The Hall–Kier alpha value is -1.68. The highest BCUT2D eigenvalue weighted by Gasteiger charge is 2.31. The Balaban J connectivity index is 4.56. The minimum atomic E-state index is -3.90. The molecule has 0 saturated heterocycles. The smallest absolute Gasteiger partial charge is 0.322 e. The first kappa shape index (κ1) is 18.3. The predicted octanol–water partition coefficient (Wildman–Crippen LogP) is -2.20. The molecule has 0 aromatic carbocycles. The lowest BCUT2D eigenvalue weighted by Crippen LogP contribution is -2.51. The van der Waals surface area contributed by atoms with E-state index in [1.54, 1.807) is 0 Å². The summed E-state index contributed by atoms with van der Waals surface area (Å²) in [7, 11) is -3.90. The van der Waals surface area contributed by atoms with Crippen LogP contribution in [-0.4, -0.2) is 55.0 Å². The van der Waals surface area contributed by atoms with Crippen LogP contribution in [0.2, 0.25) is 0 Å². The minimum absolute atomic E-state index is 0.504. The van der Waals surface area contributed by atoms with Gasteiger partial charge >= 0.3 is 5.97 Å². The zero-order valence-corrected chi connectivity index (χ0v) is 12.2. The zero-order chi connectivity index (χ0) is 16.1. The molecule has 2 amide bonds. The highest BCUT2D eigenvalue weighted by atomic mass is 32.2. The van der Waals surface area contributed by atoms with Crippen LogP contribution in [0.25, 0.3) is 0 Å². The summed E-state index contributed by atoms with van der Waals surface area (Å²) in [5.74, 6) is -2.91. The van der Waals surface area contributed by atoms with Crippen molar-refractivity contribution in [2.75, 3.05) is 6.26 Å². The van der Waals surface area contributed by atoms with E-state index >= 15 is 0 Å². The number of carbonyl (C=O) groups is 3. The molecule has 0 heterocycles. The normalized spacial score (nSPS) is 15.8. The molecule has 116 valence electrons. The molecule has 0 aliphatic carbocycles. The summed E-state index contributed by atoms with van der Waals surface area (Å²) in [6, 6.07) is -0.767. The maximum atomic E-state index is 11.5. The third-order valence-corrected chi connectivity index (χ3v) is 3.71. The van der Waals surface area contributed by atoms with Crippen LogP contribution in [-0.2, 0) is 24.2 Å². The van der Waals surface area contributed by atoms with Gasteiger partial charge in [0.1, 0.15) is 0 Å². The van der Waals surface area contributed by atoms with E-state index < -0.39 is 51.5 Å². The fourth-order valence-corrected chi connectivity index (χ4v) is 2.09. The number of carboxylic acids is 1. The monoisotopic (exact) mass is 309 g/mol. The number of carboxylic acid groups (broad SMARTS) is 1. The fraction of sp³-hybridized carbons (Fsp3) is 0.700. The van der Waals surface area contributed by atoms with E-state index in [4.69, 9.17) is 10.8 Å². The molecule has 5 N–H and O–H groups in total. The van der Waals surface area contributed by atoms with E-state index in [2.05, 4.69) is 10.6 Å². The van der Waals surface area contributed by atoms with Gasteiger partial charge in [-0.05, 0) is 13.8 Å². The molecule has 0 radical (unpaired) electrons. The van der Waals surface area contributed by atoms with Crippen LogP contribution in [0.15, 0.2) is 0 Å². The number of amides is 2. The molecule has 0 aromatic heterocycles. The van der Waals surface area contributed by atoms with E-state index in [-0.39, 0.29) is 0 Å². The molecular weight excluding hydrogens is 290 g/mol. The van der Waals surface area contributed by atoms with Gasteiger partial charge in [0.15, 0.2) is 15.1 Å². The summed E-state index contributed by atoms with van der Waals surface area (Å²) >= 11 is 0. The van der Waals surface area contributed by atoms with Gasteiger partial charge in [0.25, 0.3) is 0 Å². The third kappa shape index (κ3) is 6.48. The van der Waals surface area contributed by atoms with Crippen LogP contribution >= 0.6 is 0 Å². The highest BCUT2D eigenvalue weighted by molar-refractivity contribution is 7.92. The molecule has 10 heteroatoms. The molecule has 3 atom stereocenters. The topological polar surface area (TPSA) is 156 Å². The predicted molar refractivity (Wildman–Crippen MR) is 70.3 cm³/mol. The van der Waals surface area contributed by atoms with E-state index in [1.807, 2.05) is 0 Å². The SMILES string of the molecule is C[C@@H](NC(=O)CC(C(=O)O)S(C)(=O)=O)NC(=O)[C@H](C)N. The maximum Gasteiger partial charge on any atom is 0.322 e. The average Bonchev–Trinajstić information content (AvgIpc) is 2.23. The average molecular weight is 309 g/mol. The molecular formula is C10H19N3O6S. The second-order valence-corrected chi connectivity index (χ2v) is 6.68. The number of nitrogens with two attached hydrogens (primary N) is 1. The molecule has 0 aliphatic rings. The molecule has 0 rings (SSSR count). The summed E-state index contributed by atoms with van der Waals surface area (Å²) in [6.07, 6.45) is -0.789. The van der Waals surface area contributed by atoms with Gasteiger partial charge in [-0.2, -0.15) is 0 Å². The quantitative estimate of drug-likeness (QED) is 0.389. The minimum Gasteiger partial charge on any atom is -0.480 e. The van der Waals surface area contributed by atoms with Crippen molar-refractivity contribution in [1.82, 2.24) is 10.6 Å². The van der Waals surface area contributed by atoms with Crippen LogP contribution in [0, 0.1) is 0 Å². The lowest BCUT2D eigenvalue weighted by atomic mass is 10.3. The fourth-order valence-electron chi connectivity index (χ4n) is 1.27. The summed E-state index contributed by atoms with van der Waals surface area (Å²) in [6.45, 7) is 2.89. The number of hydrogen-bond acceptors (Lipinski definition) is 6. The maximum absolute atomic E-state index is 11.5. The molecule has 0 aliphatic heterocycles. The van der Waals surface area contributed by atoms with Gasteiger partial charge in [0.05, 0.1) is 18.6 Å². The standard InChI is InChI=1S/C10H19N3O6S/c1-5(11)9(15)13-6(2)12-8(14)4-7(10(16)17)20(3,18)19/h5-7H,4,11H2,1-3H3,(H,12,14)(H,13,15)(H,16,17)/t5-,6-,7?/m0/s1. The lowest BCUT2D eigenvalue weighted by molar-refractivity contribution is -0.138. The molecule has 1 unspecified atom stereocenters. The van der Waals surface area contributed by atoms with Gasteiger partial charge in [-0.1, -0.05) is 0 Å². The van der Waals surface area contributed by atoms with Gasteiger partial charge in [-0.25, -0.2) is 8.42 Å². The van der Waals surface area contributed by atoms with Crippen LogP contribution in [0.1, 0.15) is 20.3 Å². The molecule has 0 spiro atoms. The molecule has 0 saturated carbocycles. The molecule has 0 aromatic rings. The summed E-state index contributed by atoms with van der Waals surface area (Å²) in [4.78, 5) is 33.6. The second kappa shape index (κ2) is 7.20. The summed E-state index contributed by atoms with van der Waals surface area (Å²) in [5, 5.41) is 11.6. The Morgan fingerprint density at radius 2 is 1.70 bits per heavy atom. The number of aliphatic carboxylic acids is 1. The van der Waals surface area contributed by atoms with Crippen LogP contribution < -0.4 is 16.4 Å². The lowest BCUT2D eigenvalue weighted by Gasteiger charge is -2.18. The van der Waals surface area contributed by atoms with E-state index in [9.17, 15) is 22.8 Å². The van der Waals surface area contributed by atoms with Crippen LogP contribution in [0.5, 0.6) is 0 Å². The summed E-state index contributed by atoms with van der Waals surface area (Å²) in [5.41, 5.74) is 5.31. The first-order valence-corrected chi connectivity index (χ1v) is 7.67. The first-order valence-electron chi connectivity index (χ1n) is 5.72. The Kier molecular flexibility index (Phi) is 6.59. The van der Waals surface area contributed by atoms with Crippen molar-refractivity contribution in [1.29, 1.82) is 0 Å². The Bertz CT molecular complexity index is 487. The van der Waals surface area contributed by atoms with Crippen molar-refractivity contribution < 1.29 is 27.9 Å². The van der Waals surface area contributed by atoms with Gasteiger partial charge < -0.3 is 21.5 Å². The van der Waals surface area contributed by atoms with Crippen molar-refractivity contribution in [3.05, 3.63) is 0 Å². The van der Waals surface area contributed by atoms with Gasteiger partial charge in [-0.3, -0.25) is 14.4 Å². The van der Waals surface area contributed by atoms with E-state index in [0.717, 1.165) is 6.26 Å². The zero-order valence-electron chi connectivity index (χ0n) is 11.4. The largest absolute Gasteiger partial charge is 0.480 e. The molecule has 20 heavy (non-hydrogen) atoms. The van der Waals surface area contributed by atoms with Crippen LogP contribution in [0.4, 0.5) is 0 Å². The van der Waals surface area contributed by atoms with Gasteiger partial charge in [0, 0.05) is 6.26 Å². The Morgan fingerprint density at radius 3 is 2.05 bits per heavy atom. The van der Waals surface area contributed by atoms with Crippen molar-refractivity contribution in [2.45, 2.75) is 37.7 Å². The van der Waals surface area contributed by atoms with Gasteiger partial charge in [-0.15, -0.1) is 0 Å².